The number of aryl methyl sites for hydroxylation is 1. The van der Waals surface area contributed by atoms with Crippen molar-refractivity contribution in [2.24, 2.45) is 5.92 Å². The van der Waals surface area contributed by atoms with Crippen molar-refractivity contribution in [3.63, 3.8) is 0 Å². The van der Waals surface area contributed by atoms with Crippen molar-refractivity contribution < 1.29 is 9.53 Å². The third kappa shape index (κ3) is 3.65. The second-order valence-electron chi connectivity index (χ2n) is 8.09. The molecule has 0 unspecified atom stereocenters. The average Bonchev–Trinajstić information content (AvgIpc) is 3.12. The van der Waals surface area contributed by atoms with E-state index in [4.69, 9.17) is 4.74 Å². The fourth-order valence-corrected chi connectivity index (χ4v) is 4.61. The molecule has 0 bridgehead atoms. The summed E-state index contributed by atoms with van der Waals surface area (Å²) in [5, 5.41) is 2.65. The molecule has 30 heavy (non-hydrogen) atoms. The van der Waals surface area contributed by atoms with Gasteiger partial charge in [-0.05, 0) is 49.4 Å². The van der Waals surface area contributed by atoms with Gasteiger partial charge in [0.05, 0.1) is 0 Å². The number of benzene rings is 3. The van der Waals surface area contributed by atoms with Crippen molar-refractivity contribution in [2.75, 3.05) is 13.1 Å². The van der Waals surface area contributed by atoms with E-state index < -0.39 is 0 Å². The van der Waals surface area contributed by atoms with Gasteiger partial charge in [-0.25, -0.2) is 4.79 Å². The molecule has 1 aromatic heterocycles. The predicted molar refractivity (Wildman–Crippen MR) is 121 cm³/mol. The van der Waals surface area contributed by atoms with Gasteiger partial charge in [0.25, 0.3) is 0 Å². The maximum absolute atomic E-state index is 12.4. The standard InChI is InChI=1S/C26H26N2O2/c29-26(30-21-8-2-1-3-9-21)27-17-14-20(15-18-27)16-19-28-24-12-6-4-10-22(24)23-11-5-7-13-25(23)28/h1-13,20H,14-19H2. The van der Waals surface area contributed by atoms with Crippen molar-refractivity contribution in [3.05, 3.63) is 78.9 Å². The van der Waals surface area contributed by atoms with Crippen LogP contribution in [0.1, 0.15) is 19.3 Å². The highest BCUT2D eigenvalue weighted by molar-refractivity contribution is 6.07. The van der Waals surface area contributed by atoms with Gasteiger partial charge in [-0.3, -0.25) is 0 Å². The summed E-state index contributed by atoms with van der Waals surface area (Å²) < 4.78 is 7.95. The molecule has 3 aromatic carbocycles. The molecular formula is C26H26N2O2. The van der Waals surface area contributed by atoms with Gasteiger partial charge in [-0.15, -0.1) is 0 Å². The summed E-state index contributed by atoms with van der Waals surface area (Å²) >= 11 is 0. The molecule has 5 rings (SSSR count). The SMILES string of the molecule is O=C(Oc1ccccc1)N1CCC(CCn2c3ccccc3c3ccccc32)CC1. The van der Waals surface area contributed by atoms with E-state index in [9.17, 15) is 4.79 Å². The summed E-state index contributed by atoms with van der Waals surface area (Å²) in [6.45, 7) is 2.54. The maximum Gasteiger partial charge on any atom is 0.415 e. The van der Waals surface area contributed by atoms with Crippen LogP contribution in [0.2, 0.25) is 0 Å². The summed E-state index contributed by atoms with van der Waals surface area (Å²) in [7, 11) is 0. The van der Waals surface area contributed by atoms with Crippen molar-refractivity contribution in [3.8, 4) is 5.75 Å². The number of carbonyl (C=O) groups is 1. The zero-order valence-corrected chi connectivity index (χ0v) is 17.0. The molecule has 0 atom stereocenters. The molecule has 1 saturated heterocycles. The second-order valence-corrected chi connectivity index (χ2v) is 8.09. The van der Waals surface area contributed by atoms with Crippen LogP contribution in [-0.4, -0.2) is 28.6 Å². The Morgan fingerprint density at radius 1 is 0.800 bits per heavy atom. The molecule has 1 aliphatic heterocycles. The number of nitrogens with zero attached hydrogens (tertiary/aromatic N) is 2. The molecule has 4 heteroatoms. The van der Waals surface area contributed by atoms with E-state index in [2.05, 4.69) is 53.1 Å². The lowest BCUT2D eigenvalue weighted by Gasteiger charge is -2.31. The zero-order chi connectivity index (χ0) is 20.3. The average molecular weight is 399 g/mol. The fourth-order valence-electron chi connectivity index (χ4n) is 4.61. The van der Waals surface area contributed by atoms with E-state index >= 15 is 0 Å². The van der Waals surface area contributed by atoms with Crippen LogP contribution in [-0.2, 0) is 6.54 Å². The number of likely N-dealkylation sites (tertiary alicyclic amines) is 1. The van der Waals surface area contributed by atoms with Crippen LogP contribution < -0.4 is 4.74 Å². The van der Waals surface area contributed by atoms with E-state index in [1.54, 1.807) is 0 Å². The van der Waals surface area contributed by atoms with Crippen LogP contribution in [0.4, 0.5) is 4.79 Å². The molecule has 0 saturated carbocycles. The number of amides is 1. The predicted octanol–water partition coefficient (Wildman–Crippen LogP) is 6.10. The summed E-state index contributed by atoms with van der Waals surface area (Å²) in [5.41, 5.74) is 2.62. The Morgan fingerprint density at radius 2 is 1.37 bits per heavy atom. The van der Waals surface area contributed by atoms with Crippen LogP contribution in [0.15, 0.2) is 78.9 Å². The first kappa shape index (κ1) is 18.7. The number of hydrogen-bond donors (Lipinski definition) is 0. The molecule has 0 spiro atoms. The van der Waals surface area contributed by atoms with Crippen molar-refractivity contribution in [1.82, 2.24) is 9.47 Å². The third-order valence-electron chi connectivity index (χ3n) is 6.26. The monoisotopic (exact) mass is 398 g/mol. The van der Waals surface area contributed by atoms with Gasteiger partial charge in [-0.2, -0.15) is 0 Å². The number of fused-ring (bicyclic) bond motifs is 3. The highest BCUT2D eigenvalue weighted by Crippen LogP contribution is 2.30. The molecule has 2 heterocycles. The van der Waals surface area contributed by atoms with Crippen LogP contribution in [0.25, 0.3) is 21.8 Å². The molecule has 0 N–H and O–H groups in total. The van der Waals surface area contributed by atoms with Gasteiger partial charge in [0.2, 0.25) is 0 Å². The number of piperidine rings is 1. The lowest BCUT2D eigenvalue weighted by molar-refractivity contribution is 0.128. The van der Waals surface area contributed by atoms with Gasteiger partial charge in [0.1, 0.15) is 5.75 Å². The Balaban J connectivity index is 1.22. The topological polar surface area (TPSA) is 34.5 Å². The second kappa shape index (κ2) is 8.23. The lowest BCUT2D eigenvalue weighted by Crippen LogP contribution is -2.40. The molecule has 1 amide bonds. The number of aromatic nitrogens is 1. The Labute approximate surface area is 176 Å². The highest BCUT2D eigenvalue weighted by atomic mass is 16.6. The van der Waals surface area contributed by atoms with Crippen molar-refractivity contribution >= 4 is 27.9 Å². The molecule has 1 aliphatic rings. The molecule has 4 aromatic rings. The Morgan fingerprint density at radius 3 is 2.00 bits per heavy atom. The summed E-state index contributed by atoms with van der Waals surface area (Å²) in [4.78, 5) is 14.2. The smallest absolute Gasteiger partial charge is 0.410 e. The van der Waals surface area contributed by atoms with E-state index in [0.29, 0.717) is 11.7 Å². The van der Waals surface area contributed by atoms with Crippen LogP contribution >= 0.6 is 0 Å². The molecule has 1 fully saturated rings. The van der Waals surface area contributed by atoms with Gasteiger partial charge in [0, 0.05) is 41.4 Å². The molecule has 0 aliphatic carbocycles. The molecule has 152 valence electrons. The first-order chi connectivity index (χ1) is 14.8. The van der Waals surface area contributed by atoms with E-state index in [1.807, 2.05) is 35.2 Å². The van der Waals surface area contributed by atoms with Crippen LogP contribution in [0.5, 0.6) is 5.75 Å². The maximum atomic E-state index is 12.4. The molecule has 4 nitrogen and oxygen atoms in total. The number of ether oxygens (including phenoxy) is 1. The van der Waals surface area contributed by atoms with E-state index in [1.165, 1.54) is 21.8 Å². The lowest BCUT2D eigenvalue weighted by atomic mass is 9.93. The summed E-state index contributed by atoms with van der Waals surface area (Å²) in [5.74, 6) is 1.24. The summed E-state index contributed by atoms with van der Waals surface area (Å²) in [6, 6.07) is 26.6. The van der Waals surface area contributed by atoms with Crippen molar-refractivity contribution in [2.45, 2.75) is 25.8 Å². The Bertz CT molecular complexity index is 1100. The molecular weight excluding hydrogens is 372 g/mol. The minimum absolute atomic E-state index is 0.234. The number of carbonyl (C=O) groups excluding carboxylic acids is 1. The first-order valence-corrected chi connectivity index (χ1v) is 10.8. The van der Waals surface area contributed by atoms with Gasteiger partial charge < -0.3 is 14.2 Å². The van der Waals surface area contributed by atoms with E-state index in [0.717, 1.165) is 38.9 Å². The van der Waals surface area contributed by atoms with Crippen LogP contribution in [0, 0.1) is 5.92 Å². The Kier molecular flexibility index (Phi) is 5.14. The number of hydrogen-bond acceptors (Lipinski definition) is 2. The first-order valence-electron chi connectivity index (χ1n) is 10.8. The Hall–Kier alpha value is -3.27. The number of para-hydroxylation sites is 3. The van der Waals surface area contributed by atoms with Crippen LogP contribution in [0.3, 0.4) is 0 Å². The summed E-state index contributed by atoms with van der Waals surface area (Å²) in [6.07, 6.45) is 2.95. The van der Waals surface area contributed by atoms with Gasteiger partial charge in [-0.1, -0.05) is 54.6 Å². The molecule has 0 radical (unpaired) electrons. The highest BCUT2D eigenvalue weighted by Gasteiger charge is 2.24. The number of rotatable bonds is 4. The largest absolute Gasteiger partial charge is 0.415 e. The van der Waals surface area contributed by atoms with Gasteiger partial charge >= 0.3 is 6.09 Å². The minimum atomic E-state index is -0.234. The van der Waals surface area contributed by atoms with Crippen molar-refractivity contribution in [1.29, 1.82) is 0 Å². The third-order valence-corrected chi connectivity index (χ3v) is 6.26. The normalized spacial score (nSPS) is 15.0. The quantitative estimate of drug-likeness (QED) is 0.416. The van der Waals surface area contributed by atoms with Gasteiger partial charge in [0.15, 0.2) is 0 Å². The minimum Gasteiger partial charge on any atom is -0.410 e. The fraction of sp³-hybridized carbons (Fsp3) is 0.269. The zero-order valence-electron chi connectivity index (χ0n) is 17.0. The van der Waals surface area contributed by atoms with E-state index in [-0.39, 0.29) is 6.09 Å².